The highest BCUT2D eigenvalue weighted by atomic mass is 35.5. The number of nitrogens with one attached hydrogen (secondary N) is 1. The number of nitrogens with zero attached hydrogens (tertiary/aromatic N) is 3. The Morgan fingerprint density at radius 3 is 2.56 bits per heavy atom. The molecule has 1 amide bonds. The molecule has 0 radical (unpaired) electrons. The topological polar surface area (TPSA) is 69.0 Å². The molecule has 0 aliphatic rings. The number of ether oxygens (including phenoxy) is 1. The van der Waals surface area contributed by atoms with Gasteiger partial charge >= 0.3 is 0 Å². The van der Waals surface area contributed by atoms with E-state index in [-0.39, 0.29) is 12.5 Å². The summed E-state index contributed by atoms with van der Waals surface area (Å²) in [5.74, 6) is 0.273. The van der Waals surface area contributed by atoms with Gasteiger partial charge in [-0.05, 0) is 42.3 Å². The van der Waals surface area contributed by atoms with E-state index in [1.165, 1.54) is 18.2 Å². The van der Waals surface area contributed by atoms with Gasteiger partial charge in [-0.2, -0.15) is 0 Å². The van der Waals surface area contributed by atoms with E-state index in [4.69, 9.17) is 16.3 Å². The van der Waals surface area contributed by atoms with E-state index in [0.29, 0.717) is 16.5 Å². The van der Waals surface area contributed by atoms with Crippen molar-refractivity contribution < 1.29 is 9.53 Å². The van der Waals surface area contributed by atoms with Crippen molar-refractivity contribution in [1.82, 2.24) is 14.8 Å². The van der Waals surface area contributed by atoms with Gasteiger partial charge in [0, 0.05) is 10.7 Å². The molecule has 25 heavy (non-hydrogen) atoms. The molecule has 7 heteroatoms. The predicted molar refractivity (Wildman–Crippen MR) is 96.3 cm³/mol. The van der Waals surface area contributed by atoms with Crippen LogP contribution in [0.25, 0.3) is 5.69 Å². The number of benzene rings is 2. The van der Waals surface area contributed by atoms with Crippen molar-refractivity contribution >= 4 is 23.2 Å². The van der Waals surface area contributed by atoms with E-state index in [2.05, 4.69) is 22.4 Å². The van der Waals surface area contributed by atoms with Crippen LogP contribution in [-0.2, 0) is 11.2 Å². The van der Waals surface area contributed by atoms with Crippen LogP contribution < -0.4 is 10.1 Å². The zero-order chi connectivity index (χ0) is 17.6. The molecule has 3 rings (SSSR count). The average molecular weight is 357 g/mol. The van der Waals surface area contributed by atoms with Crippen molar-refractivity contribution in [3.63, 3.8) is 0 Å². The Kier molecular flexibility index (Phi) is 5.30. The summed E-state index contributed by atoms with van der Waals surface area (Å²) >= 11 is 6.04. The third-order valence-corrected chi connectivity index (χ3v) is 3.86. The maximum atomic E-state index is 12.1. The lowest BCUT2D eigenvalue weighted by Crippen LogP contribution is -2.20. The fraction of sp³-hybridized carbons (Fsp3) is 0.167. The third-order valence-electron chi connectivity index (χ3n) is 3.62. The van der Waals surface area contributed by atoms with Crippen molar-refractivity contribution in [3.05, 3.63) is 65.7 Å². The molecule has 3 aromatic rings. The van der Waals surface area contributed by atoms with Gasteiger partial charge < -0.3 is 10.1 Å². The lowest BCUT2D eigenvalue weighted by molar-refractivity contribution is -0.118. The number of aryl methyl sites for hydroxylation is 1. The largest absolute Gasteiger partial charge is 0.482 e. The summed E-state index contributed by atoms with van der Waals surface area (Å²) in [6.45, 7) is 1.97. The van der Waals surface area contributed by atoms with Crippen LogP contribution in [0.4, 0.5) is 5.69 Å². The van der Waals surface area contributed by atoms with Crippen molar-refractivity contribution in [2.45, 2.75) is 13.3 Å². The summed E-state index contributed by atoms with van der Waals surface area (Å²) in [5, 5.41) is 10.9. The van der Waals surface area contributed by atoms with E-state index in [1.54, 1.807) is 22.8 Å². The zero-order valence-electron chi connectivity index (χ0n) is 13.6. The number of carbonyl (C=O) groups excluding carboxylic acids is 1. The van der Waals surface area contributed by atoms with Gasteiger partial charge in [0.15, 0.2) is 6.61 Å². The van der Waals surface area contributed by atoms with Gasteiger partial charge in [0.05, 0.1) is 5.69 Å². The van der Waals surface area contributed by atoms with Crippen molar-refractivity contribution in [2.75, 3.05) is 11.9 Å². The predicted octanol–water partition coefficient (Wildman–Crippen LogP) is 3.50. The Hall–Kier alpha value is -2.86. The second-order valence-corrected chi connectivity index (χ2v) is 5.80. The molecule has 0 bridgehead atoms. The molecule has 128 valence electrons. The van der Waals surface area contributed by atoms with Crippen molar-refractivity contribution in [3.8, 4) is 11.4 Å². The minimum absolute atomic E-state index is 0.119. The number of hydrogen-bond donors (Lipinski definition) is 1. The molecule has 0 aliphatic heterocycles. The number of carbonyl (C=O) groups is 1. The molecule has 0 fully saturated rings. The molecule has 1 aromatic heterocycles. The monoisotopic (exact) mass is 356 g/mol. The second-order valence-electron chi connectivity index (χ2n) is 5.37. The van der Waals surface area contributed by atoms with Crippen molar-refractivity contribution in [1.29, 1.82) is 0 Å². The first kappa shape index (κ1) is 17.0. The summed E-state index contributed by atoms with van der Waals surface area (Å²) in [6, 6.07) is 12.9. The van der Waals surface area contributed by atoms with Crippen LogP contribution in [0.5, 0.6) is 5.75 Å². The summed E-state index contributed by atoms with van der Waals surface area (Å²) in [7, 11) is 0. The highest BCUT2D eigenvalue weighted by molar-refractivity contribution is 6.30. The quantitative estimate of drug-likeness (QED) is 0.734. The molecule has 0 spiro atoms. The molecule has 0 aliphatic carbocycles. The molecule has 0 unspecified atom stereocenters. The lowest BCUT2D eigenvalue weighted by Gasteiger charge is -2.12. The van der Waals surface area contributed by atoms with E-state index in [0.717, 1.165) is 12.1 Å². The van der Waals surface area contributed by atoms with E-state index < -0.39 is 0 Å². The molecule has 6 nitrogen and oxygen atoms in total. The first-order chi connectivity index (χ1) is 12.2. The maximum Gasteiger partial charge on any atom is 0.262 e. The Morgan fingerprint density at radius 2 is 1.88 bits per heavy atom. The average Bonchev–Trinajstić information content (AvgIpc) is 3.16. The Bertz CT molecular complexity index is 848. The molecule has 1 N–H and O–H groups in total. The number of halogens is 1. The van der Waals surface area contributed by atoms with Gasteiger partial charge in [-0.25, -0.2) is 0 Å². The maximum absolute atomic E-state index is 12.1. The molecule has 1 heterocycles. The fourth-order valence-electron chi connectivity index (χ4n) is 2.30. The summed E-state index contributed by atoms with van der Waals surface area (Å²) in [4.78, 5) is 12.1. The number of amides is 1. The molecular weight excluding hydrogens is 340 g/mol. The minimum Gasteiger partial charge on any atom is -0.482 e. The molecular formula is C18H17ClN4O2. The smallest absolute Gasteiger partial charge is 0.262 e. The van der Waals surface area contributed by atoms with E-state index >= 15 is 0 Å². The molecule has 0 atom stereocenters. The van der Waals surface area contributed by atoms with Gasteiger partial charge in [0.1, 0.15) is 18.4 Å². The van der Waals surface area contributed by atoms with Crippen LogP contribution in [-0.4, -0.2) is 27.3 Å². The normalized spacial score (nSPS) is 10.5. The standard InChI is InChI=1S/C18H17ClN4O2/c1-2-13-3-6-15(7-4-13)22-18(24)10-25-17-8-5-14(19)9-16(17)23-11-20-21-12-23/h3-9,11-12H,2,10H2,1H3,(H,22,24). The lowest BCUT2D eigenvalue weighted by atomic mass is 10.1. The van der Waals surface area contributed by atoms with Crippen LogP contribution in [0, 0.1) is 0 Å². The third kappa shape index (κ3) is 4.36. The molecule has 0 saturated heterocycles. The highest BCUT2D eigenvalue weighted by Crippen LogP contribution is 2.26. The van der Waals surface area contributed by atoms with E-state index in [9.17, 15) is 4.79 Å². The number of rotatable bonds is 6. The summed E-state index contributed by atoms with van der Waals surface area (Å²) in [6.07, 6.45) is 4.03. The first-order valence-corrected chi connectivity index (χ1v) is 8.19. The fourth-order valence-corrected chi connectivity index (χ4v) is 2.47. The number of aromatic nitrogens is 3. The minimum atomic E-state index is -0.242. The summed E-state index contributed by atoms with van der Waals surface area (Å²) < 4.78 is 7.32. The number of anilines is 1. The highest BCUT2D eigenvalue weighted by Gasteiger charge is 2.10. The van der Waals surface area contributed by atoms with Crippen LogP contribution in [0.2, 0.25) is 5.02 Å². The SMILES string of the molecule is CCc1ccc(NC(=O)COc2ccc(Cl)cc2-n2cnnc2)cc1. The summed E-state index contributed by atoms with van der Waals surface area (Å²) in [5.41, 5.74) is 2.62. The van der Waals surface area contributed by atoms with Gasteiger partial charge in [-0.15, -0.1) is 10.2 Å². The van der Waals surface area contributed by atoms with Crippen LogP contribution >= 0.6 is 11.6 Å². The zero-order valence-corrected chi connectivity index (χ0v) is 14.4. The van der Waals surface area contributed by atoms with Crippen LogP contribution in [0.1, 0.15) is 12.5 Å². The van der Waals surface area contributed by atoms with Gasteiger partial charge in [0.25, 0.3) is 5.91 Å². The molecule has 2 aromatic carbocycles. The van der Waals surface area contributed by atoms with Crippen molar-refractivity contribution in [2.24, 2.45) is 0 Å². The van der Waals surface area contributed by atoms with Gasteiger partial charge in [-0.3, -0.25) is 9.36 Å². The Labute approximate surface area is 150 Å². The Morgan fingerprint density at radius 1 is 1.16 bits per heavy atom. The first-order valence-electron chi connectivity index (χ1n) is 7.82. The van der Waals surface area contributed by atoms with E-state index in [1.807, 2.05) is 24.3 Å². The van der Waals surface area contributed by atoms with Crippen LogP contribution in [0.3, 0.4) is 0 Å². The van der Waals surface area contributed by atoms with Gasteiger partial charge in [-0.1, -0.05) is 30.7 Å². The number of hydrogen-bond acceptors (Lipinski definition) is 4. The van der Waals surface area contributed by atoms with Gasteiger partial charge in [0.2, 0.25) is 0 Å². The molecule has 0 saturated carbocycles. The second kappa shape index (κ2) is 7.81. The van der Waals surface area contributed by atoms with Crippen LogP contribution in [0.15, 0.2) is 55.1 Å². The Balaban J connectivity index is 1.66.